The minimum atomic E-state index is 0.379. The summed E-state index contributed by atoms with van der Waals surface area (Å²) in [6.45, 7) is 4.65. The Balaban J connectivity index is 1.89. The first-order chi connectivity index (χ1) is 11.3. The number of allylic oxidation sites excluding steroid dienone is 1. The van der Waals surface area contributed by atoms with E-state index >= 15 is 0 Å². The maximum atomic E-state index is 5.99. The number of hydrogen-bond acceptors (Lipinski definition) is 2. The highest BCUT2D eigenvalue weighted by Gasteiger charge is 2.11. The lowest BCUT2D eigenvalue weighted by molar-refractivity contribution is 0.289. The molecule has 1 aromatic heterocycles. The lowest BCUT2D eigenvalue weighted by Crippen LogP contribution is -2.07. The van der Waals surface area contributed by atoms with Crippen LogP contribution in [0.1, 0.15) is 11.4 Å². The lowest BCUT2D eigenvalue weighted by Gasteiger charge is -2.11. The predicted octanol–water partition coefficient (Wildman–Crippen LogP) is 3.98. The third-order valence-electron chi connectivity index (χ3n) is 3.68. The van der Waals surface area contributed by atoms with E-state index in [1.807, 2.05) is 59.2 Å². The van der Waals surface area contributed by atoms with Gasteiger partial charge in [0.2, 0.25) is 0 Å². The summed E-state index contributed by atoms with van der Waals surface area (Å²) in [4.78, 5) is 4.64. The fourth-order valence-electron chi connectivity index (χ4n) is 2.61. The summed E-state index contributed by atoms with van der Waals surface area (Å²) < 4.78 is 8.01. The summed E-state index contributed by atoms with van der Waals surface area (Å²) in [6, 6.07) is 15.9. The molecule has 0 saturated carbocycles. The van der Waals surface area contributed by atoms with Gasteiger partial charge >= 0.3 is 0 Å². The van der Waals surface area contributed by atoms with Gasteiger partial charge in [-0.25, -0.2) is 4.98 Å². The molecule has 0 radical (unpaired) electrons. The van der Waals surface area contributed by atoms with Crippen LogP contribution in [0.5, 0.6) is 5.75 Å². The van der Waals surface area contributed by atoms with Crippen LogP contribution in [-0.2, 0) is 19.6 Å². The van der Waals surface area contributed by atoms with Gasteiger partial charge in [-0.15, -0.1) is 13.0 Å². The summed E-state index contributed by atoms with van der Waals surface area (Å²) in [6.07, 6.45) is 8.15. The molecule has 0 unspecified atom stereocenters. The average molecular weight is 302 g/mol. The van der Waals surface area contributed by atoms with Crippen molar-refractivity contribution in [3.05, 3.63) is 72.6 Å². The van der Waals surface area contributed by atoms with E-state index in [2.05, 4.69) is 17.5 Å². The van der Waals surface area contributed by atoms with Crippen molar-refractivity contribution in [2.75, 3.05) is 0 Å². The van der Waals surface area contributed by atoms with Crippen LogP contribution >= 0.6 is 0 Å². The Hall–Kier alpha value is -2.99. The molecule has 2 aromatic carbocycles. The zero-order chi connectivity index (χ0) is 16.1. The molecule has 1 heterocycles. The number of fused-ring (bicyclic) bond motifs is 1. The van der Waals surface area contributed by atoms with Crippen LogP contribution in [0.2, 0.25) is 0 Å². The van der Waals surface area contributed by atoms with Gasteiger partial charge in [-0.3, -0.25) is 0 Å². The number of benzene rings is 2. The Morgan fingerprint density at radius 3 is 2.78 bits per heavy atom. The number of ether oxygens (including phenoxy) is 1. The van der Waals surface area contributed by atoms with Gasteiger partial charge < -0.3 is 9.30 Å². The van der Waals surface area contributed by atoms with Crippen molar-refractivity contribution in [2.24, 2.45) is 0 Å². The van der Waals surface area contributed by atoms with Crippen LogP contribution in [-0.4, -0.2) is 9.55 Å². The Morgan fingerprint density at radius 2 is 1.96 bits per heavy atom. The van der Waals surface area contributed by atoms with Crippen LogP contribution < -0.4 is 4.74 Å². The smallest absolute Gasteiger partial charge is 0.148 e. The topological polar surface area (TPSA) is 27.1 Å². The van der Waals surface area contributed by atoms with Crippen molar-refractivity contribution in [3.63, 3.8) is 0 Å². The third kappa shape index (κ3) is 3.12. The molecule has 3 nitrogen and oxygen atoms in total. The van der Waals surface area contributed by atoms with E-state index in [1.165, 1.54) is 0 Å². The van der Waals surface area contributed by atoms with E-state index < -0.39 is 0 Å². The summed E-state index contributed by atoms with van der Waals surface area (Å²) in [5.74, 6) is 4.37. The molecule has 3 heteroatoms. The quantitative estimate of drug-likeness (QED) is 0.509. The lowest BCUT2D eigenvalue weighted by atomic mass is 10.1. The Kier molecular flexibility index (Phi) is 4.44. The molecule has 23 heavy (non-hydrogen) atoms. The molecule has 3 aromatic rings. The molecular weight excluding hydrogens is 284 g/mol. The number of imidazole rings is 1. The second-order valence-corrected chi connectivity index (χ2v) is 5.20. The Bertz CT molecular complexity index is 871. The van der Waals surface area contributed by atoms with Crippen molar-refractivity contribution in [1.29, 1.82) is 0 Å². The van der Waals surface area contributed by atoms with Gasteiger partial charge in [0.15, 0.2) is 0 Å². The summed E-state index contributed by atoms with van der Waals surface area (Å²) >= 11 is 0. The highest BCUT2D eigenvalue weighted by atomic mass is 16.5. The molecule has 0 atom stereocenters. The SMILES string of the molecule is C#CCn1c(COc2ccccc2CC=C)nc2ccccc21. The predicted molar refractivity (Wildman–Crippen MR) is 93.2 cm³/mol. The number of terminal acetylenes is 1. The molecule has 114 valence electrons. The molecule has 3 rings (SSSR count). The number of rotatable bonds is 6. The second kappa shape index (κ2) is 6.85. The van der Waals surface area contributed by atoms with Crippen LogP contribution in [0.25, 0.3) is 11.0 Å². The van der Waals surface area contributed by atoms with Crippen LogP contribution in [0, 0.1) is 12.3 Å². The molecule has 0 amide bonds. The van der Waals surface area contributed by atoms with E-state index in [4.69, 9.17) is 11.2 Å². The fourth-order valence-corrected chi connectivity index (χ4v) is 2.61. The Morgan fingerprint density at radius 1 is 1.17 bits per heavy atom. The highest BCUT2D eigenvalue weighted by molar-refractivity contribution is 5.76. The van der Waals surface area contributed by atoms with Gasteiger partial charge in [0, 0.05) is 0 Å². The van der Waals surface area contributed by atoms with Gasteiger partial charge in [-0.1, -0.05) is 42.3 Å². The molecule has 0 bridgehead atoms. The van der Waals surface area contributed by atoms with Gasteiger partial charge in [0.25, 0.3) is 0 Å². The first-order valence-corrected chi connectivity index (χ1v) is 7.52. The minimum Gasteiger partial charge on any atom is -0.485 e. The normalized spacial score (nSPS) is 10.4. The third-order valence-corrected chi connectivity index (χ3v) is 3.68. The Labute approximate surface area is 136 Å². The second-order valence-electron chi connectivity index (χ2n) is 5.20. The van der Waals surface area contributed by atoms with Crippen molar-refractivity contribution >= 4 is 11.0 Å². The molecule has 0 fully saturated rings. The minimum absolute atomic E-state index is 0.379. The van der Waals surface area contributed by atoms with Crippen molar-refractivity contribution in [3.8, 4) is 18.1 Å². The van der Waals surface area contributed by atoms with Crippen LogP contribution in [0.4, 0.5) is 0 Å². The van der Waals surface area contributed by atoms with E-state index in [0.29, 0.717) is 13.2 Å². The summed E-state index contributed by atoms with van der Waals surface area (Å²) in [7, 11) is 0. The van der Waals surface area contributed by atoms with E-state index in [1.54, 1.807) is 0 Å². The zero-order valence-corrected chi connectivity index (χ0v) is 12.9. The molecule has 0 aliphatic carbocycles. The standard InChI is InChI=1S/C20H18N2O/c1-3-9-16-10-5-8-13-19(16)23-15-20-21-17-11-6-7-12-18(17)22(20)14-4-2/h2-3,5-8,10-13H,1,9,14-15H2. The van der Waals surface area contributed by atoms with E-state index in [9.17, 15) is 0 Å². The maximum absolute atomic E-state index is 5.99. The van der Waals surface area contributed by atoms with Crippen molar-refractivity contribution < 1.29 is 4.74 Å². The molecule has 0 saturated heterocycles. The molecule has 0 aliphatic heterocycles. The van der Waals surface area contributed by atoms with Gasteiger partial charge in [0.1, 0.15) is 18.2 Å². The van der Waals surface area contributed by atoms with Gasteiger partial charge in [-0.2, -0.15) is 0 Å². The van der Waals surface area contributed by atoms with Crippen LogP contribution in [0.15, 0.2) is 61.2 Å². The first kappa shape index (κ1) is 14.9. The molecular formula is C20H18N2O. The average Bonchev–Trinajstić information content (AvgIpc) is 2.93. The van der Waals surface area contributed by atoms with Gasteiger partial charge in [-0.05, 0) is 30.2 Å². The van der Waals surface area contributed by atoms with E-state index in [0.717, 1.165) is 34.6 Å². The number of aromatic nitrogens is 2. The molecule has 0 aliphatic rings. The summed E-state index contributed by atoms with van der Waals surface area (Å²) in [5.41, 5.74) is 3.08. The van der Waals surface area contributed by atoms with Crippen molar-refractivity contribution in [2.45, 2.75) is 19.6 Å². The summed E-state index contributed by atoms with van der Waals surface area (Å²) in [5, 5.41) is 0. The largest absolute Gasteiger partial charge is 0.485 e. The number of para-hydroxylation sites is 3. The molecule has 0 spiro atoms. The van der Waals surface area contributed by atoms with Crippen LogP contribution in [0.3, 0.4) is 0 Å². The molecule has 0 N–H and O–H groups in total. The van der Waals surface area contributed by atoms with Gasteiger partial charge in [0.05, 0.1) is 17.6 Å². The monoisotopic (exact) mass is 302 g/mol. The fraction of sp³-hybridized carbons (Fsp3) is 0.150. The van der Waals surface area contributed by atoms with Crippen molar-refractivity contribution in [1.82, 2.24) is 9.55 Å². The first-order valence-electron chi connectivity index (χ1n) is 7.52. The zero-order valence-electron chi connectivity index (χ0n) is 12.9. The number of hydrogen-bond donors (Lipinski definition) is 0. The number of nitrogens with zero attached hydrogens (tertiary/aromatic N) is 2. The van der Waals surface area contributed by atoms with E-state index in [-0.39, 0.29) is 0 Å². The maximum Gasteiger partial charge on any atom is 0.148 e. The highest BCUT2D eigenvalue weighted by Crippen LogP contribution is 2.21.